The average molecular weight is 314 g/mol. The van der Waals surface area contributed by atoms with E-state index in [4.69, 9.17) is 0 Å². The highest BCUT2D eigenvalue weighted by Gasteiger charge is 2.31. The highest BCUT2D eigenvalue weighted by atomic mass is 19.4. The topological polar surface area (TPSA) is 6.48 Å². The van der Waals surface area contributed by atoms with Gasteiger partial charge in [0.25, 0.3) is 0 Å². The summed E-state index contributed by atoms with van der Waals surface area (Å²) in [5, 5.41) is 0. The van der Waals surface area contributed by atoms with Crippen molar-refractivity contribution in [1.82, 2.24) is 9.80 Å². The van der Waals surface area contributed by atoms with Crippen LogP contribution in [0.15, 0.2) is 24.3 Å². The largest absolute Gasteiger partial charge is 0.390 e. The molecule has 0 amide bonds. The van der Waals surface area contributed by atoms with Gasteiger partial charge >= 0.3 is 6.18 Å². The monoisotopic (exact) mass is 314 g/mol. The quantitative estimate of drug-likeness (QED) is 0.802. The third-order valence-electron chi connectivity index (χ3n) is 4.16. The van der Waals surface area contributed by atoms with E-state index in [1.807, 2.05) is 19.0 Å². The molecule has 1 heterocycles. The Labute approximate surface area is 130 Å². The summed E-state index contributed by atoms with van der Waals surface area (Å²) in [6, 6.07) is 8.47. The Morgan fingerprint density at radius 3 is 2.41 bits per heavy atom. The third kappa shape index (κ3) is 5.29. The highest BCUT2D eigenvalue weighted by molar-refractivity contribution is 5.25. The minimum Gasteiger partial charge on any atom is -0.305 e. The summed E-state index contributed by atoms with van der Waals surface area (Å²) < 4.78 is 37.4. The number of alkyl halides is 3. The van der Waals surface area contributed by atoms with Crippen LogP contribution in [0.4, 0.5) is 13.2 Å². The van der Waals surface area contributed by atoms with Gasteiger partial charge in [0.1, 0.15) is 0 Å². The SMILES string of the molecule is CN(C)Cc1ccc(C2CCCCN2CCC(F)(F)F)cc1. The van der Waals surface area contributed by atoms with E-state index in [0.29, 0.717) is 0 Å². The van der Waals surface area contributed by atoms with Gasteiger partial charge in [-0.05, 0) is 44.6 Å². The minimum absolute atomic E-state index is 0.105. The van der Waals surface area contributed by atoms with Crippen LogP contribution in [-0.4, -0.2) is 43.2 Å². The van der Waals surface area contributed by atoms with Gasteiger partial charge in [0.05, 0.1) is 6.42 Å². The maximum Gasteiger partial charge on any atom is 0.390 e. The second-order valence-electron chi connectivity index (χ2n) is 6.39. The number of halogens is 3. The van der Waals surface area contributed by atoms with Gasteiger partial charge in [-0.15, -0.1) is 0 Å². The van der Waals surface area contributed by atoms with Crippen LogP contribution in [0.2, 0.25) is 0 Å². The van der Waals surface area contributed by atoms with Crippen LogP contribution in [-0.2, 0) is 6.54 Å². The molecule has 5 heteroatoms. The molecule has 1 saturated heterocycles. The lowest BCUT2D eigenvalue weighted by atomic mass is 9.94. The Hall–Kier alpha value is -1.07. The summed E-state index contributed by atoms with van der Waals surface area (Å²) in [4.78, 5) is 4.10. The number of nitrogens with zero attached hydrogens (tertiary/aromatic N) is 2. The maximum atomic E-state index is 12.5. The number of benzene rings is 1. The molecule has 0 N–H and O–H groups in total. The Kier molecular flexibility index (Phi) is 5.87. The standard InChI is InChI=1S/C17H25F3N2/c1-21(2)13-14-6-8-15(9-7-14)16-5-3-4-11-22(16)12-10-17(18,19)20/h6-9,16H,3-5,10-13H2,1-2H3. The van der Waals surface area contributed by atoms with E-state index < -0.39 is 12.6 Å². The van der Waals surface area contributed by atoms with E-state index in [2.05, 4.69) is 29.2 Å². The van der Waals surface area contributed by atoms with Crippen molar-refractivity contribution in [1.29, 1.82) is 0 Å². The van der Waals surface area contributed by atoms with Crippen molar-refractivity contribution in [2.75, 3.05) is 27.2 Å². The summed E-state index contributed by atoms with van der Waals surface area (Å²) in [6.07, 6.45) is -1.76. The maximum absolute atomic E-state index is 12.5. The molecule has 1 atom stereocenters. The summed E-state index contributed by atoms with van der Waals surface area (Å²) in [6.45, 7) is 1.75. The first-order valence-electron chi connectivity index (χ1n) is 7.89. The van der Waals surface area contributed by atoms with Crippen LogP contribution in [0.3, 0.4) is 0 Å². The van der Waals surface area contributed by atoms with E-state index in [0.717, 1.165) is 37.9 Å². The Morgan fingerprint density at radius 2 is 1.82 bits per heavy atom. The van der Waals surface area contributed by atoms with Crippen LogP contribution in [0.1, 0.15) is 42.9 Å². The Balaban J connectivity index is 2.03. The van der Waals surface area contributed by atoms with Crippen molar-refractivity contribution < 1.29 is 13.2 Å². The van der Waals surface area contributed by atoms with Gasteiger partial charge in [0.15, 0.2) is 0 Å². The molecule has 1 aromatic carbocycles. The number of piperidine rings is 1. The van der Waals surface area contributed by atoms with Gasteiger partial charge in [0.2, 0.25) is 0 Å². The van der Waals surface area contributed by atoms with E-state index in [-0.39, 0.29) is 12.6 Å². The van der Waals surface area contributed by atoms with Gasteiger partial charge < -0.3 is 4.90 Å². The van der Waals surface area contributed by atoms with Crippen molar-refractivity contribution in [3.63, 3.8) is 0 Å². The van der Waals surface area contributed by atoms with Crippen molar-refractivity contribution in [3.05, 3.63) is 35.4 Å². The fourth-order valence-electron chi connectivity index (χ4n) is 3.12. The van der Waals surface area contributed by atoms with E-state index in [1.165, 1.54) is 5.56 Å². The fraction of sp³-hybridized carbons (Fsp3) is 0.647. The molecule has 1 fully saturated rings. The number of likely N-dealkylation sites (tertiary alicyclic amines) is 1. The minimum atomic E-state index is -4.07. The first-order valence-corrected chi connectivity index (χ1v) is 7.89. The first-order chi connectivity index (χ1) is 10.3. The van der Waals surface area contributed by atoms with E-state index >= 15 is 0 Å². The summed E-state index contributed by atoms with van der Waals surface area (Å²) in [7, 11) is 4.04. The molecule has 0 aliphatic carbocycles. The Morgan fingerprint density at radius 1 is 1.14 bits per heavy atom. The molecule has 2 rings (SSSR count). The number of hydrogen-bond acceptors (Lipinski definition) is 2. The predicted octanol–water partition coefficient (Wildman–Crippen LogP) is 4.23. The van der Waals surface area contributed by atoms with Crippen LogP contribution in [0.25, 0.3) is 0 Å². The van der Waals surface area contributed by atoms with Gasteiger partial charge in [-0.3, -0.25) is 4.90 Å². The fourth-order valence-corrected chi connectivity index (χ4v) is 3.12. The van der Waals surface area contributed by atoms with Crippen LogP contribution in [0.5, 0.6) is 0 Å². The molecule has 0 spiro atoms. The van der Waals surface area contributed by atoms with Gasteiger partial charge in [-0.1, -0.05) is 30.7 Å². The van der Waals surface area contributed by atoms with Crippen molar-refractivity contribution in [3.8, 4) is 0 Å². The second-order valence-corrected chi connectivity index (χ2v) is 6.39. The van der Waals surface area contributed by atoms with Gasteiger partial charge in [-0.25, -0.2) is 0 Å². The normalized spacial score (nSPS) is 20.5. The van der Waals surface area contributed by atoms with E-state index in [1.54, 1.807) is 0 Å². The zero-order valence-electron chi connectivity index (χ0n) is 13.4. The predicted molar refractivity (Wildman–Crippen MR) is 82.7 cm³/mol. The zero-order chi connectivity index (χ0) is 16.2. The molecule has 1 aromatic rings. The molecule has 124 valence electrons. The van der Waals surface area contributed by atoms with E-state index in [9.17, 15) is 13.2 Å². The smallest absolute Gasteiger partial charge is 0.305 e. The lowest BCUT2D eigenvalue weighted by Crippen LogP contribution is -2.36. The van der Waals surface area contributed by atoms with Crippen LogP contribution < -0.4 is 0 Å². The lowest BCUT2D eigenvalue weighted by molar-refractivity contribution is -0.139. The molecular formula is C17H25F3N2. The molecule has 1 aliphatic heterocycles. The molecule has 22 heavy (non-hydrogen) atoms. The van der Waals surface area contributed by atoms with Gasteiger partial charge in [-0.2, -0.15) is 13.2 Å². The molecule has 0 radical (unpaired) electrons. The van der Waals surface area contributed by atoms with Crippen LogP contribution >= 0.6 is 0 Å². The van der Waals surface area contributed by atoms with Gasteiger partial charge in [0, 0.05) is 19.1 Å². The van der Waals surface area contributed by atoms with Crippen molar-refractivity contribution in [2.24, 2.45) is 0 Å². The summed E-state index contributed by atoms with van der Waals surface area (Å²) >= 11 is 0. The molecule has 2 nitrogen and oxygen atoms in total. The molecular weight excluding hydrogens is 289 g/mol. The van der Waals surface area contributed by atoms with Crippen LogP contribution in [0, 0.1) is 0 Å². The number of hydrogen-bond donors (Lipinski definition) is 0. The molecule has 1 aliphatic rings. The molecule has 0 aromatic heterocycles. The molecule has 1 unspecified atom stereocenters. The van der Waals surface area contributed by atoms with Crippen molar-refractivity contribution in [2.45, 2.75) is 44.4 Å². The zero-order valence-corrected chi connectivity index (χ0v) is 13.4. The molecule has 0 saturated carbocycles. The third-order valence-corrected chi connectivity index (χ3v) is 4.16. The summed E-state index contributed by atoms with van der Waals surface area (Å²) in [5.74, 6) is 0. The summed E-state index contributed by atoms with van der Waals surface area (Å²) in [5.41, 5.74) is 2.37. The van der Waals surface area contributed by atoms with Crippen molar-refractivity contribution >= 4 is 0 Å². The molecule has 0 bridgehead atoms. The number of rotatable bonds is 5. The Bertz CT molecular complexity index is 454. The lowest BCUT2D eigenvalue weighted by Gasteiger charge is -2.36. The second kappa shape index (κ2) is 7.47. The average Bonchev–Trinajstić information content (AvgIpc) is 2.45. The first kappa shape index (κ1) is 17.3. The highest BCUT2D eigenvalue weighted by Crippen LogP contribution is 2.32.